The molecule has 0 spiro atoms. The van der Waals surface area contributed by atoms with Crippen molar-refractivity contribution in [3.8, 4) is 0 Å². The summed E-state index contributed by atoms with van der Waals surface area (Å²) in [6, 6.07) is 9.55. The van der Waals surface area contributed by atoms with Gasteiger partial charge in [-0.25, -0.2) is 4.79 Å². The Hall–Kier alpha value is -2.10. The first-order valence-electron chi connectivity index (χ1n) is 8.72. The second-order valence-electron chi connectivity index (χ2n) is 5.66. The van der Waals surface area contributed by atoms with Crippen molar-refractivity contribution in [1.29, 1.82) is 0 Å². The van der Waals surface area contributed by atoms with Gasteiger partial charge in [0, 0.05) is 6.08 Å². The van der Waals surface area contributed by atoms with E-state index in [0.29, 0.717) is 19.4 Å². The van der Waals surface area contributed by atoms with Gasteiger partial charge in [-0.05, 0) is 31.4 Å². The molecule has 0 aliphatic rings. The molecule has 0 saturated carbocycles. The molecule has 132 valence electrons. The first-order chi connectivity index (χ1) is 11.6. The minimum atomic E-state index is -0.443. The topological polar surface area (TPSA) is 52.6 Å². The molecule has 1 aromatic rings. The van der Waals surface area contributed by atoms with Crippen molar-refractivity contribution in [2.24, 2.45) is 5.92 Å². The third-order valence-corrected chi connectivity index (χ3v) is 3.69. The molecule has 0 N–H and O–H groups in total. The fraction of sp³-hybridized carbons (Fsp3) is 0.500. The fourth-order valence-corrected chi connectivity index (χ4v) is 2.56. The molecule has 2 unspecified atom stereocenters. The van der Waals surface area contributed by atoms with Crippen LogP contribution in [0.15, 0.2) is 36.4 Å². The Labute approximate surface area is 144 Å². The lowest BCUT2D eigenvalue weighted by atomic mass is 9.94. The number of esters is 2. The van der Waals surface area contributed by atoms with Crippen molar-refractivity contribution >= 4 is 18.0 Å². The van der Waals surface area contributed by atoms with Gasteiger partial charge in [-0.1, -0.05) is 57.0 Å². The van der Waals surface area contributed by atoms with Crippen LogP contribution >= 0.6 is 0 Å². The van der Waals surface area contributed by atoms with E-state index >= 15 is 0 Å². The lowest BCUT2D eigenvalue weighted by molar-refractivity contribution is -0.159. The van der Waals surface area contributed by atoms with Crippen molar-refractivity contribution in [2.75, 3.05) is 6.61 Å². The molecule has 1 rings (SSSR count). The highest BCUT2D eigenvalue weighted by atomic mass is 16.6. The Morgan fingerprint density at radius 1 is 1.04 bits per heavy atom. The summed E-state index contributed by atoms with van der Waals surface area (Å²) in [5.74, 6) is -1.11. The van der Waals surface area contributed by atoms with E-state index in [-0.39, 0.29) is 5.97 Å². The SMILES string of the molecule is CCCC(OC(=O)C=Cc1ccccc1)C(CCC)C(=O)OCC. The van der Waals surface area contributed by atoms with Crippen LogP contribution in [0.3, 0.4) is 0 Å². The molecule has 0 heterocycles. The summed E-state index contributed by atoms with van der Waals surface area (Å²) in [6.07, 6.45) is 5.65. The first kappa shape index (κ1) is 19.9. The number of benzene rings is 1. The van der Waals surface area contributed by atoms with Crippen LogP contribution in [0, 0.1) is 5.92 Å². The Morgan fingerprint density at radius 2 is 1.71 bits per heavy atom. The van der Waals surface area contributed by atoms with Gasteiger partial charge in [0.25, 0.3) is 0 Å². The van der Waals surface area contributed by atoms with Gasteiger partial charge < -0.3 is 9.47 Å². The highest BCUT2D eigenvalue weighted by Crippen LogP contribution is 2.21. The van der Waals surface area contributed by atoms with E-state index < -0.39 is 18.0 Å². The summed E-state index contributed by atoms with van der Waals surface area (Å²) in [4.78, 5) is 24.3. The minimum Gasteiger partial charge on any atom is -0.466 e. The molecule has 0 aliphatic heterocycles. The summed E-state index contributed by atoms with van der Waals surface area (Å²) >= 11 is 0. The van der Waals surface area contributed by atoms with Gasteiger partial charge >= 0.3 is 11.9 Å². The summed E-state index contributed by atoms with van der Waals surface area (Å²) in [5.41, 5.74) is 0.928. The number of hydrogen-bond donors (Lipinski definition) is 0. The number of rotatable bonds is 10. The van der Waals surface area contributed by atoms with Crippen molar-refractivity contribution in [2.45, 2.75) is 52.6 Å². The molecule has 4 heteroatoms. The second kappa shape index (κ2) is 11.4. The smallest absolute Gasteiger partial charge is 0.331 e. The molecule has 0 aromatic heterocycles. The van der Waals surface area contributed by atoms with Crippen LogP contribution in [0.2, 0.25) is 0 Å². The Bertz CT molecular complexity index is 522. The number of ether oxygens (including phenoxy) is 2. The molecule has 0 saturated heterocycles. The average Bonchev–Trinajstić information content (AvgIpc) is 2.58. The zero-order valence-electron chi connectivity index (χ0n) is 14.9. The van der Waals surface area contributed by atoms with Gasteiger partial charge in [0.05, 0.1) is 12.5 Å². The van der Waals surface area contributed by atoms with Crippen LogP contribution in [0.5, 0.6) is 0 Å². The Kier molecular flexibility index (Phi) is 9.51. The highest BCUT2D eigenvalue weighted by Gasteiger charge is 2.30. The lowest BCUT2D eigenvalue weighted by Gasteiger charge is -2.24. The molecule has 4 nitrogen and oxygen atoms in total. The molecule has 0 aliphatic carbocycles. The molecule has 0 radical (unpaired) electrons. The van der Waals surface area contributed by atoms with Gasteiger partial charge in [0.2, 0.25) is 0 Å². The quantitative estimate of drug-likeness (QED) is 0.471. The zero-order chi connectivity index (χ0) is 17.8. The molecular formula is C20H28O4. The van der Waals surface area contributed by atoms with Crippen molar-refractivity contribution < 1.29 is 19.1 Å². The van der Waals surface area contributed by atoms with E-state index in [0.717, 1.165) is 18.4 Å². The summed E-state index contributed by atoms with van der Waals surface area (Å²) in [5, 5.41) is 0. The van der Waals surface area contributed by atoms with E-state index in [9.17, 15) is 9.59 Å². The largest absolute Gasteiger partial charge is 0.466 e. The van der Waals surface area contributed by atoms with E-state index in [2.05, 4.69) is 0 Å². The third kappa shape index (κ3) is 6.99. The van der Waals surface area contributed by atoms with Crippen molar-refractivity contribution in [3.63, 3.8) is 0 Å². The van der Waals surface area contributed by atoms with E-state index in [4.69, 9.17) is 9.47 Å². The van der Waals surface area contributed by atoms with Gasteiger partial charge in [-0.2, -0.15) is 0 Å². The summed E-state index contributed by atoms with van der Waals surface area (Å²) in [6.45, 7) is 6.13. The maximum Gasteiger partial charge on any atom is 0.331 e. The van der Waals surface area contributed by atoms with Crippen LogP contribution in [-0.2, 0) is 19.1 Å². The van der Waals surface area contributed by atoms with Crippen LogP contribution in [0.4, 0.5) is 0 Å². The number of hydrogen-bond acceptors (Lipinski definition) is 4. The van der Waals surface area contributed by atoms with E-state index in [1.54, 1.807) is 13.0 Å². The highest BCUT2D eigenvalue weighted by molar-refractivity contribution is 5.87. The molecule has 0 fully saturated rings. The average molecular weight is 332 g/mol. The van der Waals surface area contributed by atoms with Crippen LogP contribution in [0.1, 0.15) is 52.0 Å². The van der Waals surface area contributed by atoms with E-state index in [1.807, 2.05) is 44.2 Å². The Balaban J connectivity index is 2.76. The lowest BCUT2D eigenvalue weighted by Crippen LogP contribution is -2.33. The fourth-order valence-electron chi connectivity index (χ4n) is 2.56. The molecule has 0 bridgehead atoms. The molecule has 24 heavy (non-hydrogen) atoms. The monoisotopic (exact) mass is 332 g/mol. The minimum absolute atomic E-state index is 0.280. The molecule has 0 amide bonds. The number of carbonyl (C=O) groups is 2. The molecule has 1 aromatic carbocycles. The maximum absolute atomic E-state index is 12.2. The Morgan fingerprint density at radius 3 is 2.29 bits per heavy atom. The van der Waals surface area contributed by atoms with Gasteiger partial charge in [0.1, 0.15) is 6.10 Å². The van der Waals surface area contributed by atoms with Gasteiger partial charge in [-0.3, -0.25) is 4.79 Å². The van der Waals surface area contributed by atoms with E-state index in [1.165, 1.54) is 6.08 Å². The predicted octanol–water partition coefficient (Wildman–Crippen LogP) is 4.39. The van der Waals surface area contributed by atoms with Gasteiger partial charge in [-0.15, -0.1) is 0 Å². The zero-order valence-corrected chi connectivity index (χ0v) is 14.9. The summed E-state index contributed by atoms with van der Waals surface area (Å²) in [7, 11) is 0. The standard InChI is InChI=1S/C20H28O4/c1-4-10-17(20(22)23-6-3)18(11-5-2)24-19(21)15-14-16-12-8-7-9-13-16/h7-9,12-15,17-18H,4-6,10-11H2,1-3H3. The van der Waals surface area contributed by atoms with Crippen molar-refractivity contribution in [1.82, 2.24) is 0 Å². The molecular weight excluding hydrogens is 304 g/mol. The van der Waals surface area contributed by atoms with Gasteiger partial charge in [0.15, 0.2) is 0 Å². The van der Waals surface area contributed by atoms with Crippen molar-refractivity contribution in [3.05, 3.63) is 42.0 Å². The summed E-state index contributed by atoms with van der Waals surface area (Å²) < 4.78 is 10.7. The number of carbonyl (C=O) groups excluding carboxylic acids is 2. The third-order valence-electron chi connectivity index (χ3n) is 3.69. The molecule has 2 atom stereocenters. The van der Waals surface area contributed by atoms with Crippen LogP contribution in [0.25, 0.3) is 6.08 Å². The second-order valence-corrected chi connectivity index (χ2v) is 5.66. The normalized spacial score (nSPS) is 13.5. The first-order valence-corrected chi connectivity index (χ1v) is 8.72. The van der Waals surface area contributed by atoms with Crippen LogP contribution < -0.4 is 0 Å². The van der Waals surface area contributed by atoms with Crippen LogP contribution in [-0.4, -0.2) is 24.6 Å². The predicted molar refractivity (Wildman–Crippen MR) is 95.3 cm³/mol. The maximum atomic E-state index is 12.2.